The lowest BCUT2D eigenvalue weighted by Crippen LogP contribution is -2.01. The summed E-state index contributed by atoms with van der Waals surface area (Å²) in [6, 6.07) is 1.46. The molecule has 2 N–H and O–H groups in total. The first-order chi connectivity index (χ1) is 5.63. The Morgan fingerprint density at radius 1 is 1.75 bits per heavy atom. The van der Waals surface area contributed by atoms with Crippen LogP contribution < -0.4 is 4.72 Å². The smallest absolute Gasteiger partial charge is 0.223 e. The third-order valence-corrected chi connectivity index (χ3v) is 1.71. The number of nitrogens with zero attached hydrogens (tertiary/aromatic N) is 2. The number of thiol groups is 1. The number of aliphatic hydroxyl groups excluding tert-OH is 1. The van der Waals surface area contributed by atoms with Gasteiger partial charge in [0, 0.05) is 13.1 Å². The summed E-state index contributed by atoms with van der Waals surface area (Å²) in [5, 5.41) is 12.5. The molecule has 0 radical (unpaired) electrons. The van der Waals surface area contributed by atoms with Crippen LogP contribution in [-0.2, 0) is 24.5 Å². The molecule has 0 fully saturated rings. The van der Waals surface area contributed by atoms with Gasteiger partial charge in [-0.15, -0.1) is 0 Å². The number of hydrogen-bond donors (Lipinski definition) is 3. The summed E-state index contributed by atoms with van der Waals surface area (Å²) in [5.74, 6) is 0.343. The van der Waals surface area contributed by atoms with Crippen molar-refractivity contribution >= 4 is 16.7 Å². The normalized spacial score (nSPS) is 10.6. The Balaban J connectivity index is 2.91. The van der Waals surface area contributed by atoms with Gasteiger partial charge in [0.05, 0.1) is 12.3 Å². The van der Waals surface area contributed by atoms with Gasteiger partial charge in [-0.2, -0.15) is 5.10 Å². The molecule has 68 valence electrons. The molecule has 1 aromatic heterocycles. The second kappa shape index (κ2) is 3.55. The fraction of sp³-hybridized carbons (Fsp3) is 0.400. The molecule has 0 aliphatic rings. The number of rotatable bonds is 3. The summed E-state index contributed by atoms with van der Waals surface area (Å²) in [4.78, 5) is 0. The van der Waals surface area contributed by atoms with Gasteiger partial charge in [0.1, 0.15) is 5.82 Å². The molecule has 0 saturated heterocycles. The predicted octanol–water partition coefficient (Wildman–Crippen LogP) is -1.15. The maximum absolute atomic E-state index is 10.2. The van der Waals surface area contributed by atoms with Crippen molar-refractivity contribution in [1.82, 2.24) is 9.78 Å². The van der Waals surface area contributed by atoms with Gasteiger partial charge in [0.15, 0.2) is 0 Å². The molecule has 0 aliphatic heterocycles. The average molecular weight is 191 g/mol. The van der Waals surface area contributed by atoms with Crippen LogP contribution in [0.25, 0.3) is 0 Å². The van der Waals surface area contributed by atoms with Crippen LogP contribution >= 0.6 is 0 Å². The third kappa shape index (κ3) is 1.95. The molecule has 0 spiro atoms. The van der Waals surface area contributed by atoms with E-state index in [2.05, 4.69) is 9.82 Å². The molecular formula is C5H9N3O3S. The molecule has 12 heavy (non-hydrogen) atoms. The summed E-state index contributed by atoms with van der Waals surface area (Å²) in [5.41, 5.74) is 0.428. The molecule has 0 amide bonds. The van der Waals surface area contributed by atoms with Crippen LogP contribution in [0.3, 0.4) is 0 Å². The zero-order valence-electron chi connectivity index (χ0n) is 6.39. The Morgan fingerprint density at radius 3 is 2.83 bits per heavy atom. The Morgan fingerprint density at radius 2 is 2.42 bits per heavy atom. The van der Waals surface area contributed by atoms with Crippen molar-refractivity contribution in [2.75, 3.05) is 4.72 Å². The van der Waals surface area contributed by atoms with E-state index >= 15 is 0 Å². The average Bonchev–Trinajstić information content (AvgIpc) is 2.31. The number of aromatic nitrogens is 2. The number of anilines is 1. The Kier molecular flexibility index (Phi) is 2.66. The molecular weight excluding hydrogens is 182 g/mol. The van der Waals surface area contributed by atoms with Crippen molar-refractivity contribution in [1.29, 1.82) is 0 Å². The van der Waals surface area contributed by atoms with E-state index in [0.717, 1.165) is 0 Å². The van der Waals surface area contributed by atoms with Crippen molar-refractivity contribution in [3.63, 3.8) is 0 Å². The van der Waals surface area contributed by atoms with Gasteiger partial charge < -0.3 is 5.11 Å². The molecule has 6 nitrogen and oxygen atoms in total. The van der Waals surface area contributed by atoms with E-state index in [-0.39, 0.29) is 6.61 Å². The summed E-state index contributed by atoms with van der Waals surface area (Å²) < 4.78 is 24.0. The van der Waals surface area contributed by atoms with Gasteiger partial charge in [-0.05, 0) is 0 Å². The highest BCUT2D eigenvalue weighted by molar-refractivity contribution is 7.73. The number of aryl methyl sites for hydroxylation is 1. The summed E-state index contributed by atoms with van der Waals surface area (Å²) >= 11 is 0. The summed E-state index contributed by atoms with van der Waals surface area (Å²) in [6.07, 6.45) is 0. The highest BCUT2D eigenvalue weighted by atomic mass is 32.2. The quantitative estimate of drug-likeness (QED) is 0.527. The van der Waals surface area contributed by atoms with Crippen LogP contribution in [-0.4, -0.2) is 23.3 Å². The SMILES string of the molecule is Cn1nc(CO)cc1N[SH](=O)=O. The van der Waals surface area contributed by atoms with E-state index in [9.17, 15) is 8.42 Å². The zero-order valence-corrected chi connectivity index (χ0v) is 7.28. The zero-order chi connectivity index (χ0) is 9.14. The van der Waals surface area contributed by atoms with Crippen molar-refractivity contribution in [2.24, 2.45) is 7.05 Å². The molecule has 0 aromatic carbocycles. The minimum atomic E-state index is -2.68. The van der Waals surface area contributed by atoms with E-state index in [1.165, 1.54) is 10.7 Å². The van der Waals surface area contributed by atoms with E-state index in [1.807, 2.05) is 0 Å². The van der Waals surface area contributed by atoms with Gasteiger partial charge in [-0.1, -0.05) is 0 Å². The van der Waals surface area contributed by atoms with E-state index in [0.29, 0.717) is 11.5 Å². The largest absolute Gasteiger partial charge is 0.390 e. The first-order valence-electron chi connectivity index (χ1n) is 3.18. The Bertz CT molecular complexity index is 336. The topological polar surface area (TPSA) is 84.2 Å². The Labute approximate surface area is 70.9 Å². The number of nitrogens with one attached hydrogen (secondary N) is 1. The van der Waals surface area contributed by atoms with Crippen LogP contribution in [0, 0.1) is 0 Å². The molecule has 7 heteroatoms. The maximum atomic E-state index is 10.2. The van der Waals surface area contributed by atoms with Gasteiger partial charge in [0.25, 0.3) is 0 Å². The van der Waals surface area contributed by atoms with Crippen LogP contribution in [0.5, 0.6) is 0 Å². The standard InChI is InChI=1S/C5H9N3O3S/c1-8-5(7-12(10)11)2-4(3-9)6-8/h2,9,12H,3H2,1H3,(H,7,10,11). The predicted molar refractivity (Wildman–Crippen MR) is 43.1 cm³/mol. The fourth-order valence-electron chi connectivity index (χ4n) is 0.802. The lowest BCUT2D eigenvalue weighted by Gasteiger charge is -1.95. The molecule has 0 unspecified atom stereocenters. The Hall–Kier alpha value is -1.08. The van der Waals surface area contributed by atoms with Crippen LogP contribution in [0.2, 0.25) is 0 Å². The number of hydrogen-bond acceptors (Lipinski definition) is 4. The second-order valence-electron chi connectivity index (χ2n) is 2.17. The third-order valence-electron chi connectivity index (χ3n) is 1.30. The monoisotopic (exact) mass is 191 g/mol. The molecule has 0 aliphatic carbocycles. The highest BCUT2D eigenvalue weighted by Gasteiger charge is 2.02. The first kappa shape index (κ1) is 9.01. The minimum Gasteiger partial charge on any atom is -0.390 e. The molecule has 0 atom stereocenters. The van der Waals surface area contributed by atoms with E-state index < -0.39 is 10.9 Å². The minimum absolute atomic E-state index is 0.203. The van der Waals surface area contributed by atoms with Crippen LogP contribution in [0.15, 0.2) is 6.07 Å². The number of aliphatic hydroxyl groups is 1. The fourth-order valence-corrected chi connectivity index (χ4v) is 1.20. The lowest BCUT2D eigenvalue weighted by molar-refractivity contribution is 0.275. The lowest BCUT2D eigenvalue weighted by atomic mass is 10.4. The van der Waals surface area contributed by atoms with Crippen LogP contribution in [0.4, 0.5) is 5.82 Å². The highest BCUT2D eigenvalue weighted by Crippen LogP contribution is 2.07. The molecule has 1 rings (SSSR count). The van der Waals surface area contributed by atoms with Crippen molar-refractivity contribution in [3.8, 4) is 0 Å². The van der Waals surface area contributed by atoms with Crippen LogP contribution in [0.1, 0.15) is 5.69 Å². The molecule has 1 aromatic rings. The molecule has 0 bridgehead atoms. The first-order valence-corrected chi connectivity index (χ1v) is 4.36. The maximum Gasteiger partial charge on any atom is 0.223 e. The van der Waals surface area contributed by atoms with E-state index in [1.54, 1.807) is 7.05 Å². The van der Waals surface area contributed by atoms with Crippen molar-refractivity contribution in [3.05, 3.63) is 11.8 Å². The van der Waals surface area contributed by atoms with E-state index in [4.69, 9.17) is 5.11 Å². The van der Waals surface area contributed by atoms with Gasteiger partial charge in [-0.3, -0.25) is 9.40 Å². The van der Waals surface area contributed by atoms with Crippen molar-refractivity contribution in [2.45, 2.75) is 6.61 Å². The van der Waals surface area contributed by atoms with Gasteiger partial charge in [0.2, 0.25) is 10.9 Å². The van der Waals surface area contributed by atoms with Gasteiger partial charge in [-0.25, -0.2) is 8.42 Å². The molecule has 1 heterocycles. The van der Waals surface area contributed by atoms with Gasteiger partial charge >= 0.3 is 0 Å². The second-order valence-corrected chi connectivity index (χ2v) is 2.91. The summed E-state index contributed by atoms with van der Waals surface area (Å²) in [7, 11) is -1.09. The van der Waals surface area contributed by atoms with Crippen molar-refractivity contribution < 1.29 is 13.5 Å². The summed E-state index contributed by atoms with van der Waals surface area (Å²) in [6.45, 7) is -0.203. The molecule has 0 saturated carbocycles.